The number of alkyl halides is 3. The average molecular weight is 436 g/mol. The summed E-state index contributed by atoms with van der Waals surface area (Å²) in [7, 11) is 1.13. The van der Waals surface area contributed by atoms with E-state index >= 15 is 0 Å². The Labute approximate surface area is 182 Å². The Morgan fingerprint density at radius 3 is 2.23 bits per heavy atom. The molecule has 6 heteroatoms. The first kappa shape index (κ1) is 23.6. The maximum absolute atomic E-state index is 13.7. The predicted octanol–water partition coefficient (Wildman–Crippen LogP) is 7.36. The van der Waals surface area contributed by atoms with E-state index in [2.05, 4.69) is 16.6 Å². The van der Waals surface area contributed by atoms with Crippen LogP contribution < -0.4 is 0 Å². The van der Waals surface area contributed by atoms with Gasteiger partial charge in [0.25, 0.3) is 0 Å². The molecule has 3 nitrogen and oxygen atoms in total. The lowest BCUT2D eigenvalue weighted by Crippen LogP contribution is -2.40. The Hall–Kier alpha value is -2.11. The van der Waals surface area contributed by atoms with Crippen LogP contribution in [-0.4, -0.2) is 18.1 Å². The number of halogens is 3. The highest BCUT2D eigenvalue weighted by Crippen LogP contribution is 2.58. The first-order valence-electron chi connectivity index (χ1n) is 11.2. The number of ether oxygens (including phenoxy) is 1. The van der Waals surface area contributed by atoms with Crippen molar-refractivity contribution in [3.05, 3.63) is 41.1 Å². The predicted molar refractivity (Wildman–Crippen MR) is 116 cm³/mol. The number of aryl methyl sites for hydroxylation is 1. The van der Waals surface area contributed by atoms with Gasteiger partial charge in [-0.1, -0.05) is 26.8 Å². The van der Waals surface area contributed by atoms with Crippen LogP contribution in [0.2, 0.25) is 0 Å². The lowest BCUT2D eigenvalue weighted by Gasteiger charge is -2.52. The van der Waals surface area contributed by atoms with Crippen LogP contribution in [0.1, 0.15) is 87.3 Å². The molecule has 0 spiro atoms. The number of benzene rings is 1. The minimum Gasteiger partial charge on any atom is -0.464 e. The normalized spacial score (nSPS) is 25.1. The highest BCUT2D eigenvalue weighted by molar-refractivity contribution is 5.93. The maximum Gasteiger partial charge on any atom is 0.417 e. The molecule has 0 atom stereocenters. The van der Waals surface area contributed by atoms with E-state index in [-0.39, 0.29) is 16.6 Å². The van der Waals surface area contributed by atoms with E-state index in [4.69, 9.17) is 0 Å². The number of esters is 1. The van der Waals surface area contributed by atoms with Gasteiger partial charge in [0.15, 0.2) is 0 Å². The van der Waals surface area contributed by atoms with Crippen molar-refractivity contribution in [1.29, 1.82) is 0 Å². The summed E-state index contributed by atoms with van der Waals surface area (Å²) >= 11 is 0. The molecule has 1 heterocycles. The number of nitrogens with zero attached hydrogens (tertiary/aromatic N) is 1. The zero-order valence-electron chi connectivity index (χ0n) is 18.9. The van der Waals surface area contributed by atoms with E-state index in [1.54, 1.807) is 12.1 Å². The molecule has 3 fully saturated rings. The lowest BCUT2D eigenvalue weighted by molar-refractivity contribution is -0.136. The topological polar surface area (TPSA) is 39.2 Å². The summed E-state index contributed by atoms with van der Waals surface area (Å²) < 4.78 is 45.5. The second-order valence-corrected chi connectivity index (χ2v) is 9.21. The number of carbonyl (C=O) groups excluding carboxylic acids is 1. The van der Waals surface area contributed by atoms with Gasteiger partial charge in [0.2, 0.25) is 0 Å². The van der Waals surface area contributed by atoms with E-state index in [0.29, 0.717) is 10.8 Å². The number of carbonyl (C=O) groups is 1. The molecule has 3 aliphatic rings. The van der Waals surface area contributed by atoms with Crippen LogP contribution in [-0.2, 0) is 17.3 Å². The van der Waals surface area contributed by atoms with Gasteiger partial charge in [-0.05, 0) is 86.0 Å². The van der Waals surface area contributed by atoms with E-state index in [1.165, 1.54) is 38.5 Å². The minimum atomic E-state index is -4.57. The molecule has 0 saturated heterocycles. The second-order valence-electron chi connectivity index (χ2n) is 9.21. The Morgan fingerprint density at radius 1 is 1.06 bits per heavy atom. The molecule has 0 aliphatic heterocycles. The molecule has 1 aromatic carbocycles. The highest BCUT2D eigenvalue weighted by Gasteiger charge is 2.45. The fraction of sp³-hybridized carbons (Fsp3) is 0.600. The Balaban J connectivity index is 0.00000132. The van der Waals surface area contributed by atoms with Crippen LogP contribution in [0.4, 0.5) is 13.2 Å². The summed E-state index contributed by atoms with van der Waals surface area (Å²) in [6.45, 7) is 6.38. The molecule has 0 unspecified atom stereocenters. The van der Waals surface area contributed by atoms with Gasteiger partial charge >= 0.3 is 12.1 Å². The molecule has 2 aromatic rings. The van der Waals surface area contributed by atoms with Gasteiger partial charge in [-0.25, -0.2) is 9.78 Å². The molecule has 5 rings (SSSR count). The minimum absolute atomic E-state index is 0.0417. The first-order chi connectivity index (χ1) is 14.6. The molecule has 0 amide bonds. The molecule has 0 N–H and O–H groups in total. The fourth-order valence-corrected chi connectivity index (χ4v) is 5.11. The van der Waals surface area contributed by atoms with Crippen molar-refractivity contribution in [2.24, 2.45) is 10.8 Å². The smallest absolute Gasteiger partial charge is 0.417 e. The molecule has 1 aromatic heterocycles. The van der Waals surface area contributed by atoms with Gasteiger partial charge in [-0.15, -0.1) is 0 Å². The van der Waals surface area contributed by atoms with Gasteiger partial charge < -0.3 is 4.74 Å². The molecule has 170 valence electrons. The highest BCUT2D eigenvalue weighted by atomic mass is 19.4. The largest absolute Gasteiger partial charge is 0.464 e. The van der Waals surface area contributed by atoms with Crippen molar-refractivity contribution in [3.63, 3.8) is 0 Å². The van der Waals surface area contributed by atoms with E-state index in [1.807, 2.05) is 19.9 Å². The standard InChI is InChI=1S/C23H26F3NO2.C2H6/c1-21-7-10-22(11-8-21,12-9-21)6-5-15-3-4-18-16(13-15)17(23(24,25)26)14-19(27-18)20(28)29-2;1-2/h3-4,13-14H,5-12H2,1-2H3;1-2H3. The number of hydrogen-bond acceptors (Lipinski definition) is 3. The van der Waals surface area contributed by atoms with Crippen molar-refractivity contribution >= 4 is 16.9 Å². The van der Waals surface area contributed by atoms with Crippen molar-refractivity contribution in [2.75, 3.05) is 7.11 Å². The van der Waals surface area contributed by atoms with E-state index in [9.17, 15) is 18.0 Å². The Morgan fingerprint density at radius 2 is 1.68 bits per heavy atom. The van der Waals surface area contributed by atoms with Gasteiger partial charge in [0.05, 0.1) is 18.2 Å². The molecule has 3 aliphatic carbocycles. The third kappa shape index (κ3) is 4.88. The van der Waals surface area contributed by atoms with Crippen LogP contribution in [0.5, 0.6) is 0 Å². The number of fused-ring (bicyclic) bond motifs is 4. The zero-order chi connectivity index (χ0) is 22.9. The fourth-order valence-electron chi connectivity index (χ4n) is 5.11. The molecular weight excluding hydrogens is 403 g/mol. The lowest BCUT2D eigenvalue weighted by atomic mass is 9.53. The number of hydrogen-bond donors (Lipinski definition) is 0. The van der Waals surface area contributed by atoms with Gasteiger partial charge in [-0.2, -0.15) is 13.2 Å². The second kappa shape index (κ2) is 8.79. The summed E-state index contributed by atoms with van der Waals surface area (Å²) in [5.41, 5.74) is 0.750. The van der Waals surface area contributed by atoms with Crippen LogP contribution in [0, 0.1) is 10.8 Å². The van der Waals surface area contributed by atoms with Gasteiger partial charge in [0.1, 0.15) is 5.69 Å². The number of methoxy groups -OCH3 is 1. The molecule has 2 bridgehead atoms. The zero-order valence-corrected chi connectivity index (χ0v) is 18.9. The molecule has 0 radical (unpaired) electrons. The summed E-state index contributed by atoms with van der Waals surface area (Å²) in [6.07, 6.45) is 4.71. The summed E-state index contributed by atoms with van der Waals surface area (Å²) in [4.78, 5) is 15.8. The van der Waals surface area contributed by atoms with Crippen LogP contribution in [0.15, 0.2) is 24.3 Å². The van der Waals surface area contributed by atoms with Crippen molar-refractivity contribution in [2.45, 2.75) is 78.3 Å². The third-order valence-electron chi connectivity index (χ3n) is 7.29. The molecular formula is C25H32F3NO2. The van der Waals surface area contributed by atoms with Crippen molar-refractivity contribution in [3.8, 4) is 0 Å². The Bertz CT molecular complexity index is 927. The third-order valence-corrected chi connectivity index (χ3v) is 7.29. The quantitative estimate of drug-likeness (QED) is 0.471. The van der Waals surface area contributed by atoms with Crippen LogP contribution in [0.25, 0.3) is 10.9 Å². The number of pyridine rings is 1. The summed E-state index contributed by atoms with van der Waals surface area (Å²) in [5, 5.41) is 0.0417. The van der Waals surface area contributed by atoms with Crippen molar-refractivity contribution in [1.82, 2.24) is 4.98 Å². The van der Waals surface area contributed by atoms with Crippen LogP contribution in [0.3, 0.4) is 0 Å². The van der Waals surface area contributed by atoms with Gasteiger partial charge in [-0.3, -0.25) is 0 Å². The summed E-state index contributed by atoms with van der Waals surface area (Å²) in [5.74, 6) is -0.873. The average Bonchev–Trinajstić information content (AvgIpc) is 2.78. The maximum atomic E-state index is 13.7. The Kier molecular flexibility index (Phi) is 6.68. The number of aromatic nitrogens is 1. The number of rotatable bonds is 4. The van der Waals surface area contributed by atoms with Crippen molar-refractivity contribution < 1.29 is 22.7 Å². The van der Waals surface area contributed by atoms with E-state index in [0.717, 1.165) is 31.6 Å². The van der Waals surface area contributed by atoms with Gasteiger partial charge in [0, 0.05) is 5.39 Å². The molecule has 31 heavy (non-hydrogen) atoms. The van der Waals surface area contributed by atoms with E-state index < -0.39 is 17.7 Å². The molecule has 3 saturated carbocycles. The first-order valence-corrected chi connectivity index (χ1v) is 11.2. The summed E-state index contributed by atoms with van der Waals surface area (Å²) in [6, 6.07) is 5.81. The monoisotopic (exact) mass is 435 g/mol. The SMILES string of the molecule is CC.COC(=O)c1cc(C(F)(F)F)c2cc(CCC34CCC(C)(CC3)CC4)ccc2n1. The van der Waals surface area contributed by atoms with Crippen LogP contribution >= 0.6 is 0 Å².